The van der Waals surface area contributed by atoms with Crippen LogP contribution in [0.4, 0.5) is 10.5 Å². The first-order chi connectivity index (χ1) is 19.4. The topological polar surface area (TPSA) is 84.9 Å². The molecule has 10 heteroatoms. The molecule has 1 heterocycles. The number of carbonyl (C=O) groups excluding carboxylic acids is 3. The SMILES string of the molecule is O=C(COc1ccc(Cl)cc1/C=C1\SC(=O)N(CCOc2cccc3ccccc23)C1=O)Nc1ccc(Cl)cc1. The van der Waals surface area contributed by atoms with Crippen LogP contribution in [-0.2, 0) is 9.59 Å². The van der Waals surface area contributed by atoms with E-state index in [2.05, 4.69) is 5.32 Å². The standard InChI is InChI=1S/C30H22Cl2N2O5S/c31-21-8-11-23(12-9-21)33-28(35)18-39-25-13-10-22(32)16-20(25)17-27-29(36)34(30(37)40-27)14-15-38-26-7-3-5-19-4-1-2-6-24(19)26/h1-13,16-17H,14-15,18H2,(H,33,35)/b27-17-. The molecule has 1 aliphatic rings. The van der Waals surface area contributed by atoms with Gasteiger partial charge in [-0.3, -0.25) is 19.3 Å². The summed E-state index contributed by atoms with van der Waals surface area (Å²) < 4.78 is 11.6. The molecule has 1 N–H and O–H groups in total. The zero-order chi connectivity index (χ0) is 28.1. The summed E-state index contributed by atoms with van der Waals surface area (Å²) in [6.45, 7) is -0.0410. The van der Waals surface area contributed by atoms with Crippen molar-refractivity contribution in [1.82, 2.24) is 4.90 Å². The van der Waals surface area contributed by atoms with Gasteiger partial charge in [0.15, 0.2) is 6.61 Å². The number of nitrogens with zero attached hydrogens (tertiary/aromatic N) is 1. The summed E-state index contributed by atoms with van der Waals surface area (Å²) in [4.78, 5) is 39.5. The van der Waals surface area contributed by atoms with E-state index in [1.54, 1.807) is 42.5 Å². The Morgan fingerprint density at radius 3 is 2.45 bits per heavy atom. The highest BCUT2D eigenvalue weighted by molar-refractivity contribution is 8.18. The van der Waals surface area contributed by atoms with Gasteiger partial charge < -0.3 is 14.8 Å². The molecule has 202 valence electrons. The molecule has 0 bridgehead atoms. The molecule has 0 spiro atoms. The second-order valence-electron chi connectivity index (χ2n) is 8.68. The van der Waals surface area contributed by atoms with Gasteiger partial charge in [-0.25, -0.2) is 0 Å². The van der Waals surface area contributed by atoms with Crippen molar-refractivity contribution < 1.29 is 23.9 Å². The Morgan fingerprint density at radius 2 is 1.62 bits per heavy atom. The van der Waals surface area contributed by atoms with Crippen molar-refractivity contribution in [2.45, 2.75) is 0 Å². The molecule has 1 fully saturated rings. The van der Waals surface area contributed by atoms with E-state index in [-0.39, 0.29) is 30.6 Å². The number of thioether (sulfide) groups is 1. The van der Waals surface area contributed by atoms with E-state index < -0.39 is 11.1 Å². The predicted octanol–water partition coefficient (Wildman–Crippen LogP) is 7.28. The number of amides is 3. The highest BCUT2D eigenvalue weighted by atomic mass is 35.5. The number of carbonyl (C=O) groups is 3. The van der Waals surface area contributed by atoms with E-state index in [1.165, 1.54) is 6.08 Å². The Morgan fingerprint density at radius 1 is 0.875 bits per heavy atom. The second-order valence-corrected chi connectivity index (χ2v) is 10.6. The Hall–Kier alpha value is -3.98. The monoisotopic (exact) mass is 592 g/mol. The summed E-state index contributed by atoms with van der Waals surface area (Å²) in [7, 11) is 0. The van der Waals surface area contributed by atoms with Gasteiger partial charge >= 0.3 is 0 Å². The van der Waals surface area contributed by atoms with Crippen LogP contribution in [0.5, 0.6) is 11.5 Å². The summed E-state index contributed by atoms with van der Waals surface area (Å²) in [5.41, 5.74) is 1.04. The lowest BCUT2D eigenvalue weighted by Gasteiger charge is -2.14. The maximum atomic E-state index is 13.1. The van der Waals surface area contributed by atoms with Crippen molar-refractivity contribution in [3.8, 4) is 11.5 Å². The average molecular weight is 593 g/mol. The Kier molecular flexibility index (Phi) is 8.60. The maximum Gasteiger partial charge on any atom is 0.293 e. The summed E-state index contributed by atoms with van der Waals surface area (Å²) in [5.74, 6) is 0.195. The van der Waals surface area contributed by atoms with Gasteiger partial charge in [-0.05, 0) is 71.8 Å². The van der Waals surface area contributed by atoms with Crippen molar-refractivity contribution in [3.05, 3.63) is 105 Å². The summed E-state index contributed by atoms with van der Waals surface area (Å²) in [6, 6.07) is 25.1. The van der Waals surface area contributed by atoms with Crippen molar-refractivity contribution in [2.24, 2.45) is 0 Å². The third kappa shape index (κ3) is 6.59. The summed E-state index contributed by atoms with van der Waals surface area (Å²) in [6.07, 6.45) is 1.54. The van der Waals surface area contributed by atoms with Crippen LogP contribution in [0.25, 0.3) is 16.8 Å². The molecule has 7 nitrogen and oxygen atoms in total. The predicted molar refractivity (Wildman–Crippen MR) is 159 cm³/mol. The van der Waals surface area contributed by atoms with Gasteiger partial charge in [0.05, 0.1) is 11.4 Å². The van der Waals surface area contributed by atoms with Crippen LogP contribution in [0, 0.1) is 0 Å². The number of hydrogen-bond acceptors (Lipinski definition) is 6. The lowest BCUT2D eigenvalue weighted by Crippen LogP contribution is -2.32. The van der Waals surface area contributed by atoms with Gasteiger partial charge in [0, 0.05) is 26.7 Å². The fourth-order valence-corrected chi connectivity index (χ4v) is 5.20. The molecule has 4 aromatic carbocycles. The van der Waals surface area contributed by atoms with Gasteiger partial charge in [0.25, 0.3) is 17.1 Å². The number of imide groups is 1. The quantitative estimate of drug-likeness (QED) is 0.205. The van der Waals surface area contributed by atoms with Crippen LogP contribution in [0.2, 0.25) is 10.0 Å². The molecule has 1 saturated heterocycles. The zero-order valence-electron chi connectivity index (χ0n) is 20.9. The molecule has 1 aliphatic heterocycles. The number of rotatable bonds is 9. The summed E-state index contributed by atoms with van der Waals surface area (Å²) in [5, 5.41) is 5.28. The number of anilines is 1. The highest BCUT2D eigenvalue weighted by Crippen LogP contribution is 2.35. The van der Waals surface area contributed by atoms with E-state index in [4.69, 9.17) is 32.7 Å². The summed E-state index contributed by atoms with van der Waals surface area (Å²) >= 11 is 12.9. The molecular weight excluding hydrogens is 571 g/mol. The third-order valence-electron chi connectivity index (χ3n) is 5.94. The van der Waals surface area contributed by atoms with E-state index >= 15 is 0 Å². The van der Waals surface area contributed by atoms with Crippen LogP contribution in [0.15, 0.2) is 89.8 Å². The number of nitrogens with one attached hydrogen (secondary N) is 1. The van der Waals surface area contributed by atoms with Crippen LogP contribution in [-0.4, -0.2) is 41.7 Å². The molecule has 0 atom stereocenters. The maximum absolute atomic E-state index is 13.1. The molecule has 0 aromatic heterocycles. The number of benzene rings is 4. The Labute approximate surface area is 244 Å². The molecular formula is C30H22Cl2N2O5S. The van der Waals surface area contributed by atoms with E-state index in [0.717, 1.165) is 27.4 Å². The van der Waals surface area contributed by atoms with Crippen LogP contribution in [0.3, 0.4) is 0 Å². The third-order valence-corrected chi connectivity index (χ3v) is 7.34. The van der Waals surface area contributed by atoms with E-state index in [0.29, 0.717) is 32.8 Å². The second kappa shape index (κ2) is 12.5. The molecule has 3 amide bonds. The number of ether oxygens (including phenoxy) is 2. The highest BCUT2D eigenvalue weighted by Gasteiger charge is 2.35. The van der Waals surface area contributed by atoms with Crippen molar-refractivity contribution in [2.75, 3.05) is 25.1 Å². The van der Waals surface area contributed by atoms with Crippen LogP contribution >= 0.6 is 35.0 Å². The molecule has 4 aromatic rings. The molecule has 0 radical (unpaired) electrons. The molecule has 40 heavy (non-hydrogen) atoms. The Balaban J connectivity index is 1.23. The number of fused-ring (bicyclic) bond motifs is 1. The van der Waals surface area contributed by atoms with Gasteiger partial charge in [0.1, 0.15) is 18.1 Å². The van der Waals surface area contributed by atoms with Gasteiger partial charge in [0.2, 0.25) is 0 Å². The zero-order valence-corrected chi connectivity index (χ0v) is 23.3. The first kappa shape index (κ1) is 27.6. The minimum atomic E-state index is -0.442. The first-order valence-electron chi connectivity index (χ1n) is 12.2. The number of halogens is 2. The normalized spacial score (nSPS) is 14.2. The van der Waals surface area contributed by atoms with Crippen LogP contribution in [0.1, 0.15) is 5.56 Å². The fraction of sp³-hybridized carbons (Fsp3) is 0.100. The van der Waals surface area contributed by atoms with Crippen molar-refractivity contribution in [1.29, 1.82) is 0 Å². The Bertz CT molecular complexity index is 1620. The van der Waals surface area contributed by atoms with E-state index in [9.17, 15) is 14.4 Å². The van der Waals surface area contributed by atoms with Gasteiger partial charge in [-0.15, -0.1) is 0 Å². The van der Waals surface area contributed by atoms with Crippen molar-refractivity contribution >= 4 is 74.6 Å². The minimum Gasteiger partial charge on any atom is -0.491 e. The molecule has 5 rings (SSSR count). The molecule has 0 unspecified atom stereocenters. The minimum absolute atomic E-state index is 0.0923. The first-order valence-corrected chi connectivity index (χ1v) is 13.8. The average Bonchev–Trinajstić information content (AvgIpc) is 3.21. The molecule has 0 saturated carbocycles. The largest absolute Gasteiger partial charge is 0.491 e. The van der Waals surface area contributed by atoms with Crippen molar-refractivity contribution in [3.63, 3.8) is 0 Å². The molecule has 0 aliphatic carbocycles. The van der Waals surface area contributed by atoms with Gasteiger partial charge in [-0.2, -0.15) is 0 Å². The number of hydrogen-bond donors (Lipinski definition) is 1. The van der Waals surface area contributed by atoms with Crippen LogP contribution < -0.4 is 14.8 Å². The van der Waals surface area contributed by atoms with Gasteiger partial charge in [-0.1, -0.05) is 59.6 Å². The smallest absolute Gasteiger partial charge is 0.293 e. The van der Waals surface area contributed by atoms with E-state index in [1.807, 2.05) is 42.5 Å². The lowest BCUT2D eigenvalue weighted by molar-refractivity contribution is -0.123. The lowest BCUT2D eigenvalue weighted by atomic mass is 10.1. The fourth-order valence-electron chi connectivity index (χ4n) is 4.04.